The van der Waals surface area contributed by atoms with Crippen molar-refractivity contribution < 1.29 is 22.8 Å². The van der Waals surface area contributed by atoms with E-state index < -0.39 is 18.4 Å². The van der Waals surface area contributed by atoms with Crippen LogP contribution in [0.2, 0.25) is 0 Å². The van der Waals surface area contributed by atoms with Crippen molar-refractivity contribution in [2.45, 2.75) is 32.0 Å². The van der Waals surface area contributed by atoms with Crippen LogP contribution in [0, 0.1) is 5.82 Å². The third-order valence-corrected chi connectivity index (χ3v) is 2.84. The number of alkyl halides is 3. The van der Waals surface area contributed by atoms with Crippen LogP contribution in [0.3, 0.4) is 0 Å². The molecule has 0 radical (unpaired) electrons. The maximum atomic E-state index is 13.7. The van der Waals surface area contributed by atoms with Gasteiger partial charge in [0.15, 0.2) is 5.84 Å². The van der Waals surface area contributed by atoms with E-state index in [0.29, 0.717) is 18.5 Å². The molecule has 1 rings (SSSR count). The number of hydrogen-bond donors (Lipinski definition) is 3. The molecule has 118 valence electrons. The number of nitrogens with two attached hydrogens (primary N) is 1. The molecule has 4 N–H and O–H groups in total. The van der Waals surface area contributed by atoms with Gasteiger partial charge in [0.25, 0.3) is 0 Å². The van der Waals surface area contributed by atoms with Crippen molar-refractivity contribution in [1.29, 1.82) is 0 Å². The summed E-state index contributed by atoms with van der Waals surface area (Å²) in [6.07, 6.45) is -4.53. The number of benzene rings is 1. The SMILES string of the molecule is N/C(=N/O)c1ccc(CNCCCCC(F)(F)F)c(F)c1. The van der Waals surface area contributed by atoms with Gasteiger partial charge in [-0.25, -0.2) is 4.39 Å². The third kappa shape index (κ3) is 6.44. The van der Waals surface area contributed by atoms with E-state index >= 15 is 0 Å². The zero-order valence-electron chi connectivity index (χ0n) is 11.3. The quantitative estimate of drug-likeness (QED) is 0.181. The maximum Gasteiger partial charge on any atom is 0.389 e. The Labute approximate surface area is 119 Å². The molecule has 0 saturated carbocycles. The van der Waals surface area contributed by atoms with Crippen molar-refractivity contribution in [3.8, 4) is 0 Å². The predicted molar refractivity (Wildman–Crippen MR) is 70.5 cm³/mol. The summed E-state index contributed by atoms with van der Waals surface area (Å²) in [7, 11) is 0. The van der Waals surface area contributed by atoms with Crippen molar-refractivity contribution in [3.05, 3.63) is 35.1 Å². The summed E-state index contributed by atoms with van der Waals surface area (Å²) in [5.41, 5.74) is 5.94. The molecule has 0 spiro atoms. The standard InChI is InChI=1S/C13H17F4N3O/c14-11-7-9(12(18)20-21)3-4-10(11)8-19-6-2-1-5-13(15,16)17/h3-4,7,19,21H,1-2,5-6,8H2,(H2,18,20). The fourth-order valence-corrected chi connectivity index (χ4v) is 1.71. The molecule has 0 unspecified atom stereocenters. The van der Waals surface area contributed by atoms with E-state index in [-0.39, 0.29) is 24.4 Å². The minimum atomic E-state index is -4.13. The normalized spacial score (nSPS) is 12.7. The molecule has 0 fully saturated rings. The number of amidine groups is 1. The first-order valence-corrected chi connectivity index (χ1v) is 6.37. The first kappa shape index (κ1) is 17.2. The monoisotopic (exact) mass is 307 g/mol. The van der Waals surface area contributed by atoms with E-state index in [1.807, 2.05) is 0 Å². The first-order chi connectivity index (χ1) is 9.83. The second kappa shape index (κ2) is 7.82. The van der Waals surface area contributed by atoms with Crippen molar-refractivity contribution in [1.82, 2.24) is 5.32 Å². The number of nitrogens with zero attached hydrogens (tertiary/aromatic N) is 1. The van der Waals surface area contributed by atoms with Crippen molar-refractivity contribution >= 4 is 5.84 Å². The Morgan fingerprint density at radius 3 is 2.57 bits per heavy atom. The lowest BCUT2D eigenvalue weighted by atomic mass is 10.1. The lowest BCUT2D eigenvalue weighted by Gasteiger charge is -2.08. The summed E-state index contributed by atoms with van der Waals surface area (Å²) in [6, 6.07) is 4.11. The second-order valence-electron chi connectivity index (χ2n) is 4.54. The van der Waals surface area contributed by atoms with Gasteiger partial charge >= 0.3 is 6.18 Å². The summed E-state index contributed by atoms with van der Waals surface area (Å²) >= 11 is 0. The molecule has 0 heterocycles. The molecule has 0 aromatic heterocycles. The van der Waals surface area contributed by atoms with Gasteiger partial charge in [0.2, 0.25) is 0 Å². The van der Waals surface area contributed by atoms with E-state index in [9.17, 15) is 17.6 Å². The van der Waals surface area contributed by atoms with E-state index in [0.717, 1.165) is 6.07 Å². The Bertz CT molecular complexity index is 489. The average Bonchev–Trinajstić information content (AvgIpc) is 2.42. The van der Waals surface area contributed by atoms with Crippen LogP contribution in [0.25, 0.3) is 0 Å². The zero-order chi connectivity index (χ0) is 15.9. The van der Waals surface area contributed by atoms with Crippen molar-refractivity contribution in [2.24, 2.45) is 10.9 Å². The Kier molecular flexibility index (Phi) is 6.41. The molecule has 1 aromatic rings. The van der Waals surface area contributed by atoms with E-state index in [2.05, 4.69) is 10.5 Å². The highest BCUT2D eigenvalue weighted by Gasteiger charge is 2.25. The van der Waals surface area contributed by atoms with Crippen LogP contribution in [0.15, 0.2) is 23.4 Å². The Hall–Kier alpha value is -1.83. The number of halogens is 4. The largest absolute Gasteiger partial charge is 0.409 e. The van der Waals surface area contributed by atoms with Crippen LogP contribution in [-0.4, -0.2) is 23.8 Å². The fraction of sp³-hybridized carbons (Fsp3) is 0.462. The first-order valence-electron chi connectivity index (χ1n) is 6.37. The predicted octanol–water partition coefficient (Wildman–Crippen LogP) is 2.74. The van der Waals surface area contributed by atoms with Gasteiger partial charge in [-0.1, -0.05) is 17.3 Å². The molecule has 0 aliphatic carbocycles. The van der Waals surface area contributed by atoms with Gasteiger partial charge in [-0.2, -0.15) is 13.2 Å². The summed E-state index contributed by atoms with van der Waals surface area (Å²) in [6.45, 7) is 0.575. The highest BCUT2D eigenvalue weighted by atomic mass is 19.4. The topological polar surface area (TPSA) is 70.6 Å². The van der Waals surface area contributed by atoms with Crippen LogP contribution in [-0.2, 0) is 6.54 Å². The smallest absolute Gasteiger partial charge is 0.389 e. The summed E-state index contributed by atoms with van der Waals surface area (Å²) < 4.78 is 49.4. The maximum absolute atomic E-state index is 13.7. The number of oxime groups is 1. The van der Waals surface area contributed by atoms with Gasteiger partial charge < -0.3 is 16.3 Å². The van der Waals surface area contributed by atoms with Crippen LogP contribution in [0.1, 0.15) is 30.4 Å². The van der Waals surface area contributed by atoms with E-state index in [1.54, 1.807) is 0 Å². The molecule has 0 amide bonds. The summed E-state index contributed by atoms with van der Waals surface area (Å²) in [4.78, 5) is 0. The lowest BCUT2D eigenvalue weighted by Crippen LogP contribution is -2.18. The van der Waals surface area contributed by atoms with E-state index in [1.165, 1.54) is 12.1 Å². The minimum Gasteiger partial charge on any atom is -0.409 e. The van der Waals surface area contributed by atoms with Crippen LogP contribution in [0.4, 0.5) is 17.6 Å². The Balaban J connectivity index is 2.36. The van der Waals surface area contributed by atoms with Gasteiger partial charge in [0.1, 0.15) is 5.82 Å². The van der Waals surface area contributed by atoms with Crippen LogP contribution >= 0.6 is 0 Å². The molecule has 21 heavy (non-hydrogen) atoms. The van der Waals surface area contributed by atoms with Crippen molar-refractivity contribution in [2.75, 3.05) is 6.54 Å². The molecule has 0 aliphatic heterocycles. The fourth-order valence-electron chi connectivity index (χ4n) is 1.71. The van der Waals surface area contributed by atoms with Gasteiger partial charge in [-0.05, 0) is 25.5 Å². The summed E-state index contributed by atoms with van der Waals surface area (Å²) in [5, 5.41) is 14.1. The number of nitrogens with one attached hydrogen (secondary N) is 1. The van der Waals surface area contributed by atoms with Gasteiger partial charge in [-0.15, -0.1) is 0 Å². The van der Waals surface area contributed by atoms with Gasteiger partial charge in [-0.3, -0.25) is 0 Å². The molecular formula is C13H17F4N3O. The van der Waals surface area contributed by atoms with Crippen LogP contribution in [0.5, 0.6) is 0 Å². The summed E-state index contributed by atoms with van der Waals surface area (Å²) in [5.74, 6) is -0.720. The minimum absolute atomic E-state index is 0.0431. The third-order valence-electron chi connectivity index (χ3n) is 2.84. The Morgan fingerprint density at radius 1 is 1.29 bits per heavy atom. The lowest BCUT2D eigenvalue weighted by molar-refractivity contribution is -0.135. The second-order valence-corrected chi connectivity index (χ2v) is 4.54. The van der Waals surface area contributed by atoms with Gasteiger partial charge in [0, 0.05) is 24.1 Å². The van der Waals surface area contributed by atoms with Crippen molar-refractivity contribution in [3.63, 3.8) is 0 Å². The molecule has 1 aromatic carbocycles. The van der Waals surface area contributed by atoms with Crippen LogP contribution < -0.4 is 11.1 Å². The zero-order valence-corrected chi connectivity index (χ0v) is 11.3. The molecule has 0 aliphatic rings. The molecule has 4 nitrogen and oxygen atoms in total. The molecular weight excluding hydrogens is 290 g/mol. The molecule has 0 saturated heterocycles. The Morgan fingerprint density at radius 2 is 2.00 bits per heavy atom. The molecule has 8 heteroatoms. The number of hydrogen-bond acceptors (Lipinski definition) is 3. The number of rotatable bonds is 7. The van der Waals surface area contributed by atoms with Gasteiger partial charge in [0.05, 0.1) is 0 Å². The molecule has 0 bridgehead atoms. The molecule has 0 atom stereocenters. The highest BCUT2D eigenvalue weighted by Crippen LogP contribution is 2.21. The average molecular weight is 307 g/mol. The highest BCUT2D eigenvalue weighted by molar-refractivity contribution is 5.97. The van der Waals surface area contributed by atoms with E-state index in [4.69, 9.17) is 10.9 Å². The number of unbranched alkanes of at least 4 members (excludes halogenated alkanes) is 1.